The van der Waals surface area contributed by atoms with Gasteiger partial charge in [0.05, 0.1) is 0 Å². The predicted molar refractivity (Wildman–Crippen MR) is 59.2 cm³/mol. The van der Waals surface area contributed by atoms with Gasteiger partial charge in [-0.1, -0.05) is 26.2 Å². The Morgan fingerprint density at radius 1 is 1.38 bits per heavy atom. The third kappa shape index (κ3) is 4.70. The highest BCUT2D eigenvalue weighted by atomic mass is 32.2. The van der Waals surface area contributed by atoms with Crippen LogP contribution in [0.4, 0.5) is 0 Å². The molecule has 0 amide bonds. The van der Waals surface area contributed by atoms with Gasteiger partial charge in [0, 0.05) is 16.9 Å². The van der Waals surface area contributed by atoms with Crippen molar-refractivity contribution in [2.75, 3.05) is 0 Å². The molecule has 1 unspecified atom stereocenters. The smallest absolute Gasteiger partial charge is 0.130 e. The van der Waals surface area contributed by atoms with Crippen LogP contribution < -0.4 is 0 Å². The fraction of sp³-hybridized carbons (Fsp3) is 0.909. The molecular weight excluding hydrogens is 180 g/mol. The Labute approximate surface area is 85.7 Å². The van der Waals surface area contributed by atoms with Crippen molar-refractivity contribution in [3.05, 3.63) is 0 Å². The van der Waals surface area contributed by atoms with Gasteiger partial charge in [0.1, 0.15) is 5.78 Å². The molecule has 1 saturated carbocycles. The summed E-state index contributed by atoms with van der Waals surface area (Å²) in [5.74, 6) is 0.329. The van der Waals surface area contributed by atoms with Crippen LogP contribution >= 0.6 is 11.8 Å². The molecule has 0 aliphatic heterocycles. The fourth-order valence-electron chi connectivity index (χ4n) is 1.98. The second kappa shape index (κ2) is 5.69. The van der Waals surface area contributed by atoms with E-state index in [0.29, 0.717) is 11.0 Å². The highest BCUT2D eigenvalue weighted by molar-refractivity contribution is 8.00. The van der Waals surface area contributed by atoms with Crippen LogP contribution in [0, 0.1) is 0 Å². The summed E-state index contributed by atoms with van der Waals surface area (Å²) in [6, 6.07) is 0. The first-order chi connectivity index (χ1) is 6.18. The van der Waals surface area contributed by atoms with Crippen LogP contribution in [-0.2, 0) is 4.79 Å². The normalized spacial score (nSPS) is 21.4. The average Bonchev–Trinajstić information content (AvgIpc) is 2.04. The van der Waals surface area contributed by atoms with Crippen molar-refractivity contribution in [3.63, 3.8) is 0 Å². The predicted octanol–water partition coefficient (Wildman–Crippen LogP) is 3.42. The van der Waals surface area contributed by atoms with E-state index in [0.717, 1.165) is 11.7 Å². The standard InChI is InChI=1S/C11H20OS/c1-9(12)8-10(2)13-11-6-4-3-5-7-11/h10-11H,3-8H2,1-2H3. The first kappa shape index (κ1) is 11.1. The summed E-state index contributed by atoms with van der Waals surface area (Å²) >= 11 is 2.03. The topological polar surface area (TPSA) is 17.1 Å². The highest BCUT2D eigenvalue weighted by Gasteiger charge is 2.17. The zero-order chi connectivity index (χ0) is 9.68. The van der Waals surface area contributed by atoms with Crippen molar-refractivity contribution in [2.45, 2.75) is 62.9 Å². The monoisotopic (exact) mass is 200 g/mol. The molecule has 1 aliphatic rings. The first-order valence-electron chi connectivity index (χ1n) is 5.33. The van der Waals surface area contributed by atoms with E-state index < -0.39 is 0 Å². The van der Waals surface area contributed by atoms with E-state index in [-0.39, 0.29) is 0 Å². The molecular formula is C11H20OS. The molecule has 0 spiro atoms. The number of hydrogen-bond acceptors (Lipinski definition) is 2. The van der Waals surface area contributed by atoms with Gasteiger partial charge in [-0.3, -0.25) is 4.79 Å². The summed E-state index contributed by atoms with van der Waals surface area (Å²) in [6.45, 7) is 3.87. The Balaban J connectivity index is 2.18. The number of hydrogen-bond donors (Lipinski definition) is 0. The van der Waals surface area contributed by atoms with Crippen LogP contribution in [0.3, 0.4) is 0 Å². The molecule has 76 valence electrons. The van der Waals surface area contributed by atoms with Crippen LogP contribution in [0.5, 0.6) is 0 Å². The van der Waals surface area contributed by atoms with Crippen molar-refractivity contribution in [1.29, 1.82) is 0 Å². The molecule has 0 radical (unpaired) electrons. The van der Waals surface area contributed by atoms with E-state index >= 15 is 0 Å². The molecule has 1 atom stereocenters. The number of Topliss-reactive ketones (excluding diaryl/α,β-unsaturated/α-hetero) is 1. The quantitative estimate of drug-likeness (QED) is 0.691. The minimum absolute atomic E-state index is 0.329. The SMILES string of the molecule is CC(=O)CC(C)SC1CCCCC1. The molecule has 0 heterocycles. The molecule has 0 aromatic rings. The molecule has 1 nitrogen and oxygen atoms in total. The lowest BCUT2D eigenvalue weighted by molar-refractivity contribution is -0.116. The Kier molecular flexibility index (Phi) is 4.86. The molecule has 2 heteroatoms. The van der Waals surface area contributed by atoms with Gasteiger partial charge in [0.2, 0.25) is 0 Å². The summed E-state index contributed by atoms with van der Waals surface area (Å²) in [7, 11) is 0. The molecule has 0 aromatic carbocycles. The third-order valence-corrected chi connectivity index (χ3v) is 4.04. The van der Waals surface area contributed by atoms with E-state index in [9.17, 15) is 4.79 Å². The van der Waals surface area contributed by atoms with E-state index in [1.807, 2.05) is 11.8 Å². The van der Waals surface area contributed by atoms with E-state index in [4.69, 9.17) is 0 Å². The van der Waals surface area contributed by atoms with Crippen molar-refractivity contribution in [1.82, 2.24) is 0 Å². The Hall–Kier alpha value is 0.0200. The number of rotatable bonds is 4. The summed E-state index contributed by atoms with van der Waals surface area (Å²) in [5, 5.41) is 1.36. The number of carbonyl (C=O) groups is 1. The number of thioether (sulfide) groups is 1. The van der Waals surface area contributed by atoms with Crippen LogP contribution in [0.2, 0.25) is 0 Å². The fourth-order valence-corrected chi connectivity index (χ4v) is 3.58. The average molecular weight is 200 g/mol. The number of ketones is 1. The zero-order valence-electron chi connectivity index (χ0n) is 8.71. The van der Waals surface area contributed by atoms with E-state index in [1.54, 1.807) is 6.92 Å². The van der Waals surface area contributed by atoms with Crippen LogP contribution in [0.15, 0.2) is 0 Å². The Bertz CT molecular complexity index is 161. The van der Waals surface area contributed by atoms with Crippen molar-refractivity contribution < 1.29 is 4.79 Å². The molecule has 0 bridgehead atoms. The summed E-state index contributed by atoms with van der Waals surface area (Å²) in [4.78, 5) is 10.9. The van der Waals surface area contributed by atoms with Crippen molar-refractivity contribution in [3.8, 4) is 0 Å². The second-order valence-corrected chi connectivity index (χ2v) is 5.86. The minimum Gasteiger partial charge on any atom is -0.300 e. The van der Waals surface area contributed by atoms with Crippen LogP contribution in [-0.4, -0.2) is 16.3 Å². The van der Waals surface area contributed by atoms with Crippen LogP contribution in [0.1, 0.15) is 52.4 Å². The lowest BCUT2D eigenvalue weighted by atomic mass is 10.0. The van der Waals surface area contributed by atoms with Gasteiger partial charge in [-0.2, -0.15) is 11.8 Å². The lowest BCUT2D eigenvalue weighted by Crippen LogP contribution is -2.14. The summed E-state index contributed by atoms with van der Waals surface area (Å²) in [6.07, 6.45) is 7.69. The Morgan fingerprint density at radius 2 is 2.00 bits per heavy atom. The molecule has 1 rings (SSSR count). The van der Waals surface area contributed by atoms with Crippen molar-refractivity contribution in [2.24, 2.45) is 0 Å². The maximum atomic E-state index is 10.9. The van der Waals surface area contributed by atoms with Gasteiger partial charge in [0.25, 0.3) is 0 Å². The maximum absolute atomic E-state index is 10.9. The number of carbonyl (C=O) groups excluding carboxylic acids is 1. The van der Waals surface area contributed by atoms with E-state index in [2.05, 4.69) is 6.92 Å². The van der Waals surface area contributed by atoms with E-state index in [1.165, 1.54) is 32.1 Å². The molecule has 0 aromatic heterocycles. The molecule has 1 fully saturated rings. The van der Waals surface area contributed by atoms with Gasteiger partial charge in [-0.15, -0.1) is 0 Å². The highest BCUT2D eigenvalue weighted by Crippen LogP contribution is 2.31. The second-order valence-electron chi connectivity index (χ2n) is 4.11. The first-order valence-corrected chi connectivity index (χ1v) is 6.27. The zero-order valence-corrected chi connectivity index (χ0v) is 9.53. The summed E-state index contributed by atoms with van der Waals surface area (Å²) in [5.41, 5.74) is 0. The lowest BCUT2D eigenvalue weighted by Gasteiger charge is -2.23. The summed E-state index contributed by atoms with van der Waals surface area (Å²) < 4.78 is 0. The Morgan fingerprint density at radius 3 is 2.54 bits per heavy atom. The molecule has 13 heavy (non-hydrogen) atoms. The minimum atomic E-state index is 0.329. The van der Waals surface area contributed by atoms with Crippen molar-refractivity contribution >= 4 is 17.5 Å². The van der Waals surface area contributed by atoms with Gasteiger partial charge in [0.15, 0.2) is 0 Å². The molecule has 0 saturated heterocycles. The van der Waals surface area contributed by atoms with Gasteiger partial charge in [-0.05, 0) is 19.8 Å². The van der Waals surface area contributed by atoms with Gasteiger partial charge >= 0.3 is 0 Å². The molecule has 0 N–H and O–H groups in total. The van der Waals surface area contributed by atoms with Gasteiger partial charge in [-0.25, -0.2) is 0 Å². The maximum Gasteiger partial charge on any atom is 0.130 e. The third-order valence-electron chi connectivity index (χ3n) is 2.55. The largest absolute Gasteiger partial charge is 0.300 e. The van der Waals surface area contributed by atoms with Gasteiger partial charge < -0.3 is 0 Å². The molecule has 1 aliphatic carbocycles. The van der Waals surface area contributed by atoms with Crippen LogP contribution in [0.25, 0.3) is 0 Å².